The molecule has 1 atom stereocenters. The first-order valence-electron chi connectivity index (χ1n) is 6.63. The monoisotopic (exact) mass is 256 g/mol. The molecule has 0 bridgehead atoms. The van der Waals surface area contributed by atoms with Crippen LogP contribution in [0, 0.1) is 0 Å². The zero-order valence-electron chi connectivity index (χ0n) is 11.5. The van der Waals surface area contributed by atoms with Gasteiger partial charge >= 0.3 is 0 Å². The van der Waals surface area contributed by atoms with E-state index < -0.39 is 0 Å². The van der Waals surface area contributed by atoms with E-state index in [2.05, 4.69) is 31.0 Å². The van der Waals surface area contributed by atoms with Gasteiger partial charge in [0.15, 0.2) is 0 Å². The molecule has 0 fully saturated rings. The summed E-state index contributed by atoms with van der Waals surface area (Å²) >= 11 is 0. The van der Waals surface area contributed by atoms with Gasteiger partial charge in [0.1, 0.15) is 18.2 Å². The van der Waals surface area contributed by atoms with Crippen LogP contribution in [-0.4, -0.2) is 4.98 Å². The topological polar surface area (TPSA) is 48.1 Å². The molecule has 0 radical (unpaired) electrons. The molecule has 100 valence electrons. The molecule has 19 heavy (non-hydrogen) atoms. The number of hydrogen-bond acceptors (Lipinski definition) is 3. The van der Waals surface area contributed by atoms with Crippen LogP contribution in [0.2, 0.25) is 0 Å². The van der Waals surface area contributed by atoms with Gasteiger partial charge in [0.2, 0.25) is 0 Å². The predicted molar refractivity (Wildman–Crippen MR) is 78.1 cm³/mol. The number of nitrogens with zero attached hydrogens (tertiary/aromatic N) is 1. The average molecular weight is 256 g/mol. The van der Waals surface area contributed by atoms with Crippen molar-refractivity contribution in [3.63, 3.8) is 0 Å². The summed E-state index contributed by atoms with van der Waals surface area (Å²) in [5, 5.41) is 0. The van der Waals surface area contributed by atoms with Crippen LogP contribution in [0.1, 0.15) is 37.4 Å². The Morgan fingerprint density at radius 2 is 1.89 bits per heavy atom. The van der Waals surface area contributed by atoms with Crippen molar-refractivity contribution in [1.29, 1.82) is 0 Å². The number of rotatable bonds is 5. The van der Waals surface area contributed by atoms with Crippen LogP contribution >= 0.6 is 0 Å². The first-order valence-corrected chi connectivity index (χ1v) is 6.63. The molecule has 1 unspecified atom stereocenters. The molecule has 0 spiro atoms. The summed E-state index contributed by atoms with van der Waals surface area (Å²) in [7, 11) is 0. The zero-order valence-corrected chi connectivity index (χ0v) is 11.5. The van der Waals surface area contributed by atoms with Gasteiger partial charge in [-0.2, -0.15) is 0 Å². The largest absolute Gasteiger partial charge is 0.487 e. The van der Waals surface area contributed by atoms with Crippen LogP contribution in [0.4, 0.5) is 5.82 Å². The van der Waals surface area contributed by atoms with Gasteiger partial charge in [-0.05, 0) is 42.2 Å². The third kappa shape index (κ3) is 3.71. The van der Waals surface area contributed by atoms with Crippen molar-refractivity contribution in [2.75, 3.05) is 5.73 Å². The van der Waals surface area contributed by atoms with E-state index in [1.165, 1.54) is 5.56 Å². The van der Waals surface area contributed by atoms with Gasteiger partial charge in [0.05, 0.1) is 5.69 Å². The fourth-order valence-corrected chi connectivity index (χ4v) is 1.86. The first-order chi connectivity index (χ1) is 9.19. The highest BCUT2D eigenvalue weighted by Crippen LogP contribution is 2.21. The summed E-state index contributed by atoms with van der Waals surface area (Å²) in [5.74, 6) is 1.97. The standard InChI is InChI=1S/C16H20N2O/c1-3-12(2)13-7-9-15(10-8-13)19-11-14-5-4-6-16(17)18-14/h4-10,12H,3,11H2,1-2H3,(H2,17,18). The summed E-state index contributed by atoms with van der Waals surface area (Å²) in [5.41, 5.74) is 7.81. The maximum Gasteiger partial charge on any atom is 0.130 e. The van der Waals surface area contributed by atoms with Crippen LogP contribution in [0.5, 0.6) is 5.75 Å². The van der Waals surface area contributed by atoms with E-state index in [-0.39, 0.29) is 0 Å². The van der Waals surface area contributed by atoms with Gasteiger partial charge in [-0.1, -0.05) is 32.0 Å². The van der Waals surface area contributed by atoms with Crippen LogP contribution < -0.4 is 10.5 Å². The van der Waals surface area contributed by atoms with Crippen LogP contribution in [0.25, 0.3) is 0 Å². The van der Waals surface area contributed by atoms with E-state index in [1.807, 2.05) is 24.3 Å². The van der Waals surface area contributed by atoms with Crippen LogP contribution in [0.3, 0.4) is 0 Å². The molecule has 1 heterocycles. The van der Waals surface area contributed by atoms with Gasteiger partial charge < -0.3 is 10.5 Å². The lowest BCUT2D eigenvalue weighted by Gasteiger charge is -2.10. The fourth-order valence-electron chi connectivity index (χ4n) is 1.86. The minimum absolute atomic E-state index is 0.438. The number of benzene rings is 1. The Bertz CT molecular complexity index is 523. The number of nitrogens with two attached hydrogens (primary N) is 1. The Morgan fingerprint density at radius 3 is 2.53 bits per heavy atom. The Balaban J connectivity index is 1.96. The third-order valence-corrected chi connectivity index (χ3v) is 3.28. The highest BCUT2D eigenvalue weighted by molar-refractivity contribution is 5.30. The van der Waals surface area contributed by atoms with E-state index in [0.29, 0.717) is 18.3 Å². The number of anilines is 1. The van der Waals surface area contributed by atoms with E-state index >= 15 is 0 Å². The number of aromatic nitrogens is 1. The summed E-state index contributed by atoms with van der Waals surface area (Å²) in [4.78, 5) is 4.20. The Hall–Kier alpha value is -2.03. The highest BCUT2D eigenvalue weighted by Gasteiger charge is 2.03. The van der Waals surface area contributed by atoms with Crippen molar-refractivity contribution in [3.8, 4) is 5.75 Å². The predicted octanol–water partition coefficient (Wildman–Crippen LogP) is 3.76. The molecule has 2 rings (SSSR count). The van der Waals surface area contributed by atoms with Gasteiger partial charge in [-0.15, -0.1) is 0 Å². The van der Waals surface area contributed by atoms with Gasteiger partial charge in [-0.3, -0.25) is 0 Å². The van der Waals surface area contributed by atoms with Crippen molar-refractivity contribution in [1.82, 2.24) is 4.98 Å². The summed E-state index contributed by atoms with van der Waals surface area (Å²) in [6.45, 7) is 4.86. The lowest BCUT2D eigenvalue weighted by atomic mass is 9.99. The smallest absolute Gasteiger partial charge is 0.130 e. The van der Waals surface area contributed by atoms with Gasteiger partial charge in [0.25, 0.3) is 0 Å². The Morgan fingerprint density at radius 1 is 1.16 bits per heavy atom. The van der Waals surface area contributed by atoms with Crippen molar-refractivity contribution in [2.45, 2.75) is 32.8 Å². The lowest BCUT2D eigenvalue weighted by molar-refractivity contribution is 0.301. The molecule has 0 saturated heterocycles. The quantitative estimate of drug-likeness (QED) is 0.886. The Labute approximate surface area is 114 Å². The molecule has 3 nitrogen and oxygen atoms in total. The maximum atomic E-state index is 5.70. The average Bonchev–Trinajstić information content (AvgIpc) is 2.45. The van der Waals surface area contributed by atoms with E-state index in [9.17, 15) is 0 Å². The number of hydrogen-bond donors (Lipinski definition) is 1. The van der Waals surface area contributed by atoms with Crippen molar-refractivity contribution in [2.24, 2.45) is 0 Å². The highest BCUT2D eigenvalue weighted by atomic mass is 16.5. The third-order valence-electron chi connectivity index (χ3n) is 3.28. The molecule has 2 aromatic rings. The van der Waals surface area contributed by atoms with Crippen molar-refractivity contribution >= 4 is 5.82 Å². The number of pyridine rings is 1. The van der Waals surface area contributed by atoms with E-state index in [1.54, 1.807) is 6.07 Å². The lowest BCUT2D eigenvalue weighted by Crippen LogP contribution is -2.00. The fraction of sp³-hybridized carbons (Fsp3) is 0.312. The second kappa shape index (κ2) is 6.23. The molecule has 0 saturated carbocycles. The normalized spacial score (nSPS) is 12.1. The van der Waals surface area contributed by atoms with E-state index in [4.69, 9.17) is 10.5 Å². The van der Waals surface area contributed by atoms with Gasteiger partial charge in [0, 0.05) is 0 Å². The molecular formula is C16H20N2O. The van der Waals surface area contributed by atoms with E-state index in [0.717, 1.165) is 17.9 Å². The summed E-state index contributed by atoms with van der Waals surface area (Å²) in [6.07, 6.45) is 1.15. The maximum absolute atomic E-state index is 5.70. The summed E-state index contributed by atoms with van der Waals surface area (Å²) in [6, 6.07) is 13.8. The number of nitrogen functional groups attached to an aromatic ring is 1. The van der Waals surface area contributed by atoms with Crippen molar-refractivity contribution in [3.05, 3.63) is 53.7 Å². The molecule has 0 aliphatic carbocycles. The molecule has 0 amide bonds. The molecule has 0 aliphatic heterocycles. The first kappa shape index (κ1) is 13.4. The second-order valence-electron chi connectivity index (χ2n) is 4.72. The van der Waals surface area contributed by atoms with Gasteiger partial charge in [-0.25, -0.2) is 4.98 Å². The van der Waals surface area contributed by atoms with Crippen LogP contribution in [-0.2, 0) is 6.61 Å². The molecule has 3 heteroatoms. The molecule has 2 N–H and O–H groups in total. The Kier molecular flexibility index (Phi) is 4.39. The molecule has 1 aromatic heterocycles. The molecule has 0 aliphatic rings. The second-order valence-corrected chi connectivity index (χ2v) is 4.72. The molecule has 1 aromatic carbocycles. The van der Waals surface area contributed by atoms with Crippen LogP contribution in [0.15, 0.2) is 42.5 Å². The summed E-state index contributed by atoms with van der Waals surface area (Å²) < 4.78 is 5.70. The minimum atomic E-state index is 0.438. The van der Waals surface area contributed by atoms with Crippen molar-refractivity contribution < 1.29 is 4.74 Å². The minimum Gasteiger partial charge on any atom is -0.487 e. The zero-order chi connectivity index (χ0) is 13.7. The SMILES string of the molecule is CCC(C)c1ccc(OCc2cccc(N)n2)cc1. The molecular weight excluding hydrogens is 236 g/mol. The number of ether oxygens (including phenoxy) is 1.